The molecule has 0 spiro atoms. The van der Waals surface area contributed by atoms with Crippen molar-refractivity contribution in [2.24, 2.45) is 7.05 Å². The third kappa shape index (κ3) is 3.05. The van der Waals surface area contributed by atoms with Crippen LogP contribution in [0.5, 0.6) is 0 Å². The Kier molecular flexibility index (Phi) is 4.28. The molecule has 3 aromatic rings. The van der Waals surface area contributed by atoms with E-state index in [1.165, 1.54) is 0 Å². The first-order valence-electron chi connectivity index (χ1n) is 8.62. The summed E-state index contributed by atoms with van der Waals surface area (Å²) in [6, 6.07) is 12.0. The van der Waals surface area contributed by atoms with Crippen LogP contribution in [-0.2, 0) is 23.1 Å². The third-order valence-corrected chi connectivity index (χ3v) is 4.87. The normalized spacial score (nSPS) is 18.0. The molecular formula is C19H22N4O2. The molecule has 0 aliphatic carbocycles. The van der Waals surface area contributed by atoms with Gasteiger partial charge in [0.15, 0.2) is 0 Å². The molecule has 1 aromatic carbocycles. The van der Waals surface area contributed by atoms with Crippen LogP contribution in [0.1, 0.15) is 18.2 Å². The average Bonchev–Trinajstić information content (AvgIpc) is 3.26. The Labute approximate surface area is 146 Å². The highest BCUT2D eigenvalue weighted by Gasteiger charge is 2.29. The maximum Gasteiger partial charge on any atom is 0.225 e. The predicted molar refractivity (Wildman–Crippen MR) is 95.0 cm³/mol. The number of para-hydroxylation sites is 2. The summed E-state index contributed by atoms with van der Waals surface area (Å²) in [5.41, 5.74) is 3.14. The van der Waals surface area contributed by atoms with Crippen molar-refractivity contribution in [1.82, 2.24) is 19.0 Å². The van der Waals surface area contributed by atoms with Crippen LogP contribution < -0.4 is 0 Å². The average molecular weight is 338 g/mol. The second kappa shape index (κ2) is 6.72. The van der Waals surface area contributed by atoms with Crippen molar-refractivity contribution in [2.45, 2.75) is 19.0 Å². The molecule has 6 heteroatoms. The van der Waals surface area contributed by atoms with E-state index in [2.05, 4.69) is 15.6 Å². The van der Waals surface area contributed by atoms with Gasteiger partial charge in [0.2, 0.25) is 5.91 Å². The van der Waals surface area contributed by atoms with E-state index in [0.29, 0.717) is 32.7 Å². The Morgan fingerprint density at radius 1 is 1.28 bits per heavy atom. The predicted octanol–water partition coefficient (Wildman–Crippen LogP) is 2.37. The number of fused-ring (bicyclic) bond motifs is 1. The first-order chi connectivity index (χ1) is 12.2. The van der Waals surface area contributed by atoms with Crippen LogP contribution >= 0.6 is 0 Å². The lowest BCUT2D eigenvalue weighted by Crippen LogP contribution is -2.44. The molecule has 0 bridgehead atoms. The molecule has 4 rings (SSSR count). The molecule has 1 aliphatic heterocycles. The van der Waals surface area contributed by atoms with E-state index in [-0.39, 0.29) is 11.9 Å². The lowest BCUT2D eigenvalue weighted by Gasteiger charge is -2.36. The van der Waals surface area contributed by atoms with Gasteiger partial charge in [-0.2, -0.15) is 0 Å². The van der Waals surface area contributed by atoms with Crippen molar-refractivity contribution < 1.29 is 9.53 Å². The fourth-order valence-electron chi connectivity index (χ4n) is 3.52. The van der Waals surface area contributed by atoms with Crippen molar-refractivity contribution in [3.8, 4) is 0 Å². The summed E-state index contributed by atoms with van der Waals surface area (Å²) in [7, 11) is 2.00. The Hall–Kier alpha value is -2.60. The molecule has 1 fully saturated rings. The van der Waals surface area contributed by atoms with E-state index in [1.54, 1.807) is 0 Å². The first-order valence-corrected chi connectivity index (χ1v) is 8.62. The number of benzene rings is 1. The minimum absolute atomic E-state index is 0.0132. The largest absolute Gasteiger partial charge is 0.377 e. The summed E-state index contributed by atoms with van der Waals surface area (Å²) in [4.78, 5) is 19.2. The number of carbonyl (C=O) groups excluding carboxylic acids is 1. The number of aromatic nitrogens is 3. The van der Waals surface area contributed by atoms with Crippen LogP contribution in [0, 0.1) is 0 Å². The Balaban J connectivity index is 1.48. The fourth-order valence-corrected chi connectivity index (χ4v) is 3.52. The van der Waals surface area contributed by atoms with Gasteiger partial charge < -0.3 is 18.8 Å². The third-order valence-electron chi connectivity index (χ3n) is 4.87. The van der Waals surface area contributed by atoms with Crippen molar-refractivity contribution in [3.63, 3.8) is 0 Å². The number of hydrogen-bond donors (Lipinski definition) is 0. The summed E-state index contributed by atoms with van der Waals surface area (Å²) in [5, 5.41) is 0. The van der Waals surface area contributed by atoms with Crippen LogP contribution in [0.25, 0.3) is 11.0 Å². The molecular weight excluding hydrogens is 316 g/mol. The second-order valence-electron chi connectivity index (χ2n) is 6.40. The zero-order chi connectivity index (χ0) is 17.2. The summed E-state index contributed by atoms with van der Waals surface area (Å²) in [6.07, 6.45) is 4.28. The molecule has 3 heterocycles. The zero-order valence-corrected chi connectivity index (χ0v) is 14.3. The molecule has 130 valence electrons. The maximum atomic E-state index is 12.9. The van der Waals surface area contributed by atoms with Crippen molar-refractivity contribution in [3.05, 3.63) is 54.6 Å². The molecule has 2 aromatic heterocycles. The second-order valence-corrected chi connectivity index (χ2v) is 6.40. The van der Waals surface area contributed by atoms with Gasteiger partial charge in [0.1, 0.15) is 0 Å². The smallest absolute Gasteiger partial charge is 0.225 e. The number of nitrogens with zero attached hydrogens (tertiary/aromatic N) is 4. The Morgan fingerprint density at radius 2 is 2.16 bits per heavy atom. The van der Waals surface area contributed by atoms with E-state index in [0.717, 1.165) is 16.7 Å². The highest BCUT2D eigenvalue weighted by atomic mass is 16.5. The highest BCUT2D eigenvalue weighted by Crippen LogP contribution is 2.25. The van der Waals surface area contributed by atoms with Crippen LogP contribution in [-0.4, -0.2) is 44.7 Å². The highest BCUT2D eigenvalue weighted by molar-refractivity contribution is 5.78. The van der Waals surface area contributed by atoms with E-state index < -0.39 is 0 Å². The molecule has 0 N–H and O–H groups in total. The van der Waals surface area contributed by atoms with Crippen molar-refractivity contribution in [1.29, 1.82) is 0 Å². The Morgan fingerprint density at radius 3 is 3.00 bits per heavy atom. The van der Waals surface area contributed by atoms with Gasteiger partial charge in [-0.1, -0.05) is 12.1 Å². The lowest BCUT2D eigenvalue weighted by molar-refractivity contribution is -0.140. The SMILES string of the molecule is Cn1cccc1[C@@H]1COCCN1C(=O)CCn1cnc2ccccc21. The van der Waals surface area contributed by atoms with Crippen molar-refractivity contribution in [2.75, 3.05) is 19.8 Å². The van der Waals surface area contributed by atoms with E-state index >= 15 is 0 Å². The number of morpholine rings is 1. The standard InChI is InChI=1S/C19H22N4O2/c1-21-9-4-7-17(21)18-13-25-12-11-23(18)19(24)8-10-22-14-20-15-5-2-3-6-16(15)22/h2-7,9,14,18H,8,10-13H2,1H3/t18-/m0/s1. The molecule has 0 radical (unpaired) electrons. The number of imidazole rings is 1. The number of aryl methyl sites for hydroxylation is 2. The van der Waals surface area contributed by atoms with Gasteiger partial charge in [-0.05, 0) is 24.3 Å². The van der Waals surface area contributed by atoms with Gasteiger partial charge >= 0.3 is 0 Å². The Bertz CT molecular complexity index is 882. The maximum absolute atomic E-state index is 12.9. The van der Waals surface area contributed by atoms with Crippen molar-refractivity contribution >= 4 is 16.9 Å². The molecule has 0 unspecified atom stereocenters. The number of carbonyl (C=O) groups is 1. The minimum Gasteiger partial charge on any atom is -0.377 e. The molecule has 1 saturated heterocycles. The summed E-state index contributed by atoms with van der Waals surface area (Å²) in [5.74, 6) is 0.160. The topological polar surface area (TPSA) is 52.3 Å². The van der Waals surface area contributed by atoms with E-state index in [4.69, 9.17) is 4.74 Å². The zero-order valence-electron chi connectivity index (χ0n) is 14.3. The lowest BCUT2D eigenvalue weighted by atomic mass is 10.1. The summed E-state index contributed by atoms with van der Waals surface area (Å²) in [6.45, 7) is 2.42. The van der Waals surface area contributed by atoms with E-state index in [9.17, 15) is 4.79 Å². The molecule has 1 atom stereocenters. The molecule has 1 amide bonds. The van der Waals surface area contributed by atoms with Crippen LogP contribution in [0.15, 0.2) is 48.9 Å². The number of hydrogen-bond acceptors (Lipinski definition) is 3. The molecule has 0 saturated carbocycles. The van der Waals surface area contributed by atoms with Gasteiger partial charge in [-0.25, -0.2) is 4.98 Å². The number of rotatable bonds is 4. The van der Waals surface area contributed by atoms with Gasteiger partial charge in [0.05, 0.1) is 36.6 Å². The minimum atomic E-state index is -0.0132. The van der Waals surface area contributed by atoms with Gasteiger partial charge in [0.25, 0.3) is 0 Å². The number of amides is 1. The van der Waals surface area contributed by atoms with Gasteiger partial charge in [-0.3, -0.25) is 4.79 Å². The van der Waals surface area contributed by atoms with E-state index in [1.807, 2.05) is 59.4 Å². The molecule has 1 aliphatic rings. The quantitative estimate of drug-likeness (QED) is 0.734. The van der Waals surface area contributed by atoms with Crippen LogP contribution in [0.2, 0.25) is 0 Å². The summed E-state index contributed by atoms with van der Waals surface area (Å²) < 4.78 is 9.73. The van der Waals surface area contributed by atoms with Gasteiger partial charge in [-0.15, -0.1) is 0 Å². The summed E-state index contributed by atoms with van der Waals surface area (Å²) >= 11 is 0. The monoisotopic (exact) mass is 338 g/mol. The fraction of sp³-hybridized carbons (Fsp3) is 0.368. The van der Waals surface area contributed by atoms with Crippen LogP contribution in [0.4, 0.5) is 0 Å². The van der Waals surface area contributed by atoms with Crippen LogP contribution in [0.3, 0.4) is 0 Å². The number of ether oxygens (including phenoxy) is 1. The van der Waals surface area contributed by atoms with Gasteiger partial charge in [0, 0.05) is 38.4 Å². The molecule has 25 heavy (non-hydrogen) atoms. The molecule has 6 nitrogen and oxygen atoms in total. The first kappa shape index (κ1) is 15.9.